The number of carbonyl (C=O) groups excluding carboxylic acids is 1. The summed E-state index contributed by atoms with van der Waals surface area (Å²) >= 11 is 0. The third-order valence-corrected chi connectivity index (χ3v) is 5.25. The van der Waals surface area contributed by atoms with Crippen LogP contribution in [0.2, 0.25) is 0 Å². The summed E-state index contributed by atoms with van der Waals surface area (Å²) in [5.74, 6) is 0.0868. The summed E-state index contributed by atoms with van der Waals surface area (Å²) in [6.07, 6.45) is 7.43. The van der Waals surface area contributed by atoms with Crippen molar-refractivity contribution in [1.29, 1.82) is 0 Å². The van der Waals surface area contributed by atoms with Crippen LogP contribution < -0.4 is 10.6 Å². The van der Waals surface area contributed by atoms with E-state index in [1.54, 1.807) is 0 Å². The molecule has 4 rings (SSSR count). The summed E-state index contributed by atoms with van der Waals surface area (Å²) in [4.78, 5) is 12.8. The molecule has 1 fully saturated rings. The Kier molecular flexibility index (Phi) is 4.57. The minimum Gasteiger partial charge on any atom is -0.352 e. The van der Waals surface area contributed by atoms with E-state index in [2.05, 4.69) is 27.3 Å². The molecule has 1 amide bonds. The van der Waals surface area contributed by atoms with Crippen LogP contribution in [0.25, 0.3) is 0 Å². The van der Waals surface area contributed by atoms with Gasteiger partial charge in [-0.05, 0) is 44.6 Å². The molecule has 1 heterocycles. The number of nitrogens with zero attached hydrogens (tertiary/aromatic N) is 2. The molecule has 2 aliphatic carbocycles. The standard InChI is InChI=1S/C20H26N4O/c1-2-24-18-10-6-9-17(16(18)13-21-24)23-19(14-7-4-3-5-8-14)20(25)22-15-11-12-15/h3-5,7-8,13,15,17,19,23H,2,6,9-12H2,1H3,(H,22,25). The van der Waals surface area contributed by atoms with Gasteiger partial charge in [0, 0.05) is 29.9 Å². The van der Waals surface area contributed by atoms with Gasteiger partial charge in [-0.1, -0.05) is 30.3 Å². The van der Waals surface area contributed by atoms with Crippen LogP contribution in [0.15, 0.2) is 36.5 Å². The van der Waals surface area contributed by atoms with Crippen LogP contribution in [0.1, 0.15) is 61.5 Å². The number of benzene rings is 1. The molecule has 1 aromatic heterocycles. The fraction of sp³-hybridized carbons (Fsp3) is 0.500. The predicted octanol–water partition coefficient (Wildman–Crippen LogP) is 2.89. The molecule has 1 saturated carbocycles. The molecule has 2 atom stereocenters. The van der Waals surface area contributed by atoms with Gasteiger partial charge in [0.25, 0.3) is 0 Å². The summed E-state index contributed by atoms with van der Waals surface area (Å²) < 4.78 is 2.09. The molecule has 2 unspecified atom stereocenters. The van der Waals surface area contributed by atoms with Crippen LogP contribution in [0, 0.1) is 0 Å². The zero-order valence-corrected chi connectivity index (χ0v) is 14.7. The first-order valence-electron chi connectivity index (χ1n) is 9.42. The van der Waals surface area contributed by atoms with E-state index < -0.39 is 0 Å². The minimum absolute atomic E-state index is 0.0868. The van der Waals surface area contributed by atoms with E-state index in [-0.39, 0.29) is 18.0 Å². The van der Waals surface area contributed by atoms with Gasteiger partial charge in [-0.3, -0.25) is 14.8 Å². The SMILES string of the molecule is CCn1ncc2c1CCCC2NC(C(=O)NC1CC1)c1ccccc1. The highest BCUT2D eigenvalue weighted by atomic mass is 16.2. The quantitative estimate of drug-likeness (QED) is 0.851. The second-order valence-corrected chi connectivity index (χ2v) is 7.10. The third kappa shape index (κ3) is 3.47. The van der Waals surface area contributed by atoms with Gasteiger partial charge >= 0.3 is 0 Å². The van der Waals surface area contributed by atoms with Crippen LogP contribution in [0.5, 0.6) is 0 Å². The Balaban J connectivity index is 1.58. The largest absolute Gasteiger partial charge is 0.352 e. The molecular formula is C20H26N4O. The number of carbonyl (C=O) groups is 1. The Morgan fingerprint density at radius 1 is 1.28 bits per heavy atom. The molecule has 1 aromatic carbocycles. The Bertz CT molecular complexity index is 735. The van der Waals surface area contributed by atoms with Crippen molar-refractivity contribution in [2.75, 3.05) is 0 Å². The summed E-state index contributed by atoms with van der Waals surface area (Å²) in [6.45, 7) is 3.02. The van der Waals surface area contributed by atoms with Crippen molar-refractivity contribution in [3.63, 3.8) is 0 Å². The van der Waals surface area contributed by atoms with Gasteiger partial charge in [0.05, 0.1) is 6.20 Å². The van der Waals surface area contributed by atoms with Crippen molar-refractivity contribution < 1.29 is 4.79 Å². The second-order valence-electron chi connectivity index (χ2n) is 7.10. The topological polar surface area (TPSA) is 59.0 Å². The summed E-state index contributed by atoms with van der Waals surface area (Å²) in [5, 5.41) is 11.3. The normalized spacial score (nSPS) is 20.8. The van der Waals surface area contributed by atoms with E-state index in [1.165, 1.54) is 11.3 Å². The zero-order valence-electron chi connectivity index (χ0n) is 14.7. The lowest BCUT2D eigenvalue weighted by Gasteiger charge is -2.29. The minimum atomic E-state index is -0.317. The molecule has 0 saturated heterocycles. The molecule has 2 aromatic rings. The van der Waals surface area contributed by atoms with E-state index in [1.807, 2.05) is 36.5 Å². The average molecular weight is 338 g/mol. The molecule has 0 radical (unpaired) electrons. The zero-order chi connectivity index (χ0) is 17.2. The van der Waals surface area contributed by atoms with Gasteiger partial charge < -0.3 is 5.32 Å². The molecule has 2 aliphatic rings. The number of amides is 1. The molecule has 132 valence electrons. The number of aryl methyl sites for hydroxylation is 1. The Morgan fingerprint density at radius 3 is 2.80 bits per heavy atom. The van der Waals surface area contributed by atoms with E-state index in [0.29, 0.717) is 6.04 Å². The van der Waals surface area contributed by atoms with Crippen LogP contribution in [-0.4, -0.2) is 21.7 Å². The maximum Gasteiger partial charge on any atom is 0.241 e. The molecular weight excluding hydrogens is 312 g/mol. The van der Waals surface area contributed by atoms with Gasteiger partial charge in [-0.15, -0.1) is 0 Å². The van der Waals surface area contributed by atoms with Crippen molar-refractivity contribution in [2.24, 2.45) is 0 Å². The van der Waals surface area contributed by atoms with Crippen LogP contribution in [0.4, 0.5) is 0 Å². The third-order valence-electron chi connectivity index (χ3n) is 5.25. The molecule has 5 heteroatoms. The molecule has 0 spiro atoms. The number of hydrogen-bond acceptors (Lipinski definition) is 3. The predicted molar refractivity (Wildman–Crippen MR) is 97.1 cm³/mol. The van der Waals surface area contributed by atoms with Gasteiger partial charge in [0.2, 0.25) is 5.91 Å². The maximum atomic E-state index is 12.8. The van der Waals surface area contributed by atoms with Crippen LogP contribution in [-0.2, 0) is 17.8 Å². The Hall–Kier alpha value is -2.14. The number of aromatic nitrogens is 2. The first-order chi connectivity index (χ1) is 12.3. The first-order valence-corrected chi connectivity index (χ1v) is 9.42. The van der Waals surface area contributed by atoms with Crippen molar-refractivity contribution in [2.45, 2.75) is 63.7 Å². The molecule has 0 aliphatic heterocycles. The van der Waals surface area contributed by atoms with E-state index in [9.17, 15) is 4.79 Å². The summed E-state index contributed by atoms with van der Waals surface area (Å²) in [6, 6.07) is 10.3. The Labute approximate surface area is 148 Å². The van der Waals surface area contributed by atoms with Crippen LogP contribution in [0.3, 0.4) is 0 Å². The number of fused-ring (bicyclic) bond motifs is 1. The lowest BCUT2D eigenvalue weighted by molar-refractivity contribution is -0.123. The number of rotatable bonds is 6. The monoisotopic (exact) mass is 338 g/mol. The average Bonchev–Trinajstić information content (AvgIpc) is 3.35. The van der Waals surface area contributed by atoms with Gasteiger partial charge in [-0.2, -0.15) is 5.10 Å². The fourth-order valence-corrected chi connectivity index (χ4v) is 3.75. The summed E-state index contributed by atoms with van der Waals surface area (Å²) in [7, 11) is 0. The van der Waals surface area contributed by atoms with Crippen molar-refractivity contribution in [3.05, 3.63) is 53.3 Å². The van der Waals surface area contributed by atoms with Crippen molar-refractivity contribution in [3.8, 4) is 0 Å². The first kappa shape index (κ1) is 16.3. The molecule has 5 nitrogen and oxygen atoms in total. The second kappa shape index (κ2) is 7.00. The smallest absolute Gasteiger partial charge is 0.241 e. The van der Waals surface area contributed by atoms with Crippen molar-refractivity contribution >= 4 is 5.91 Å². The highest BCUT2D eigenvalue weighted by molar-refractivity contribution is 5.83. The van der Waals surface area contributed by atoms with E-state index >= 15 is 0 Å². The van der Waals surface area contributed by atoms with Crippen molar-refractivity contribution in [1.82, 2.24) is 20.4 Å². The van der Waals surface area contributed by atoms with Gasteiger partial charge in [-0.25, -0.2) is 0 Å². The molecule has 0 bridgehead atoms. The van der Waals surface area contributed by atoms with E-state index in [4.69, 9.17) is 0 Å². The van der Waals surface area contributed by atoms with E-state index in [0.717, 1.165) is 44.2 Å². The van der Waals surface area contributed by atoms with Crippen LogP contribution >= 0.6 is 0 Å². The highest BCUT2D eigenvalue weighted by Gasteiger charge is 2.32. The molecule has 25 heavy (non-hydrogen) atoms. The fourth-order valence-electron chi connectivity index (χ4n) is 3.75. The Morgan fingerprint density at radius 2 is 2.08 bits per heavy atom. The summed E-state index contributed by atoms with van der Waals surface area (Å²) in [5.41, 5.74) is 3.60. The van der Waals surface area contributed by atoms with Gasteiger partial charge in [0.1, 0.15) is 6.04 Å². The highest BCUT2D eigenvalue weighted by Crippen LogP contribution is 2.32. The number of hydrogen-bond donors (Lipinski definition) is 2. The number of nitrogens with one attached hydrogen (secondary N) is 2. The van der Waals surface area contributed by atoms with Gasteiger partial charge in [0.15, 0.2) is 0 Å². The molecule has 2 N–H and O–H groups in total. The lowest BCUT2D eigenvalue weighted by atomic mass is 9.91. The lowest BCUT2D eigenvalue weighted by Crippen LogP contribution is -2.40. The maximum absolute atomic E-state index is 12.8.